The molecule has 0 amide bonds. The number of piperidine rings is 1. The largest absolute Gasteiger partial charge is 0.462 e. The smallest absolute Gasteiger partial charge is 0.341 e. The third-order valence-corrected chi connectivity index (χ3v) is 5.28. The number of hydrogen-bond acceptors (Lipinski definition) is 6. The summed E-state index contributed by atoms with van der Waals surface area (Å²) in [5, 5.41) is 10.9. The first-order valence-electron chi connectivity index (χ1n) is 10.4. The van der Waals surface area contributed by atoms with Gasteiger partial charge in [0.15, 0.2) is 5.78 Å². The summed E-state index contributed by atoms with van der Waals surface area (Å²) in [6, 6.07) is 13.9. The highest BCUT2D eigenvalue weighted by atomic mass is 16.6. The van der Waals surface area contributed by atoms with E-state index in [0.717, 1.165) is 24.3 Å². The van der Waals surface area contributed by atoms with Gasteiger partial charge in [0.1, 0.15) is 5.57 Å². The maximum absolute atomic E-state index is 12.5. The molecule has 1 fully saturated rings. The highest BCUT2D eigenvalue weighted by molar-refractivity contribution is 6.19. The molecule has 0 N–H and O–H groups in total. The molecule has 0 spiro atoms. The summed E-state index contributed by atoms with van der Waals surface area (Å²) in [4.78, 5) is 37.3. The SMILES string of the molecule is CC(=O)/C(=C\c1cccc([N+](=O)[O-])c1)C(=O)OCCc1ccccc1N1CCCCC1. The van der Waals surface area contributed by atoms with Gasteiger partial charge in [-0.05, 0) is 49.5 Å². The molecule has 7 heteroatoms. The molecule has 0 aromatic heterocycles. The second kappa shape index (κ2) is 10.5. The lowest BCUT2D eigenvalue weighted by Crippen LogP contribution is -2.30. The molecule has 2 aromatic carbocycles. The maximum Gasteiger partial charge on any atom is 0.341 e. The summed E-state index contributed by atoms with van der Waals surface area (Å²) in [5.41, 5.74) is 2.41. The normalized spacial score (nSPS) is 14.2. The van der Waals surface area contributed by atoms with E-state index in [0.29, 0.717) is 12.0 Å². The number of anilines is 1. The van der Waals surface area contributed by atoms with Gasteiger partial charge in [0.25, 0.3) is 5.69 Å². The number of carbonyl (C=O) groups excluding carboxylic acids is 2. The van der Waals surface area contributed by atoms with Crippen LogP contribution in [-0.2, 0) is 20.7 Å². The van der Waals surface area contributed by atoms with Crippen LogP contribution >= 0.6 is 0 Å². The van der Waals surface area contributed by atoms with Crippen LogP contribution in [0.15, 0.2) is 54.1 Å². The summed E-state index contributed by atoms with van der Waals surface area (Å²) >= 11 is 0. The Balaban J connectivity index is 1.67. The number of hydrogen-bond donors (Lipinski definition) is 0. The Morgan fingerprint density at radius 1 is 1.10 bits per heavy atom. The van der Waals surface area contributed by atoms with Gasteiger partial charge in [-0.3, -0.25) is 14.9 Å². The van der Waals surface area contributed by atoms with E-state index in [1.165, 1.54) is 50.5 Å². The van der Waals surface area contributed by atoms with Crippen molar-refractivity contribution in [3.63, 3.8) is 0 Å². The Morgan fingerprint density at radius 2 is 1.84 bits per heavy atom. The lowest BCUT2D eigenvalue weighted by Gasteiger charge is -2.30. The molecule has 1 aliphatic rings. The molecule has 0 unspecified atom stereocenters. The van der Waals surface area contributed by atoms with Gasteiger partial charge in [0.2, 0.25) is 0 Å². The van der Waals surface area contributed by atoms with Gasteiger partial charge >= 0.3 is 5.97 Å². The maximum atomic E-state index is 12.5. The van der Waals surface area contributed by atoms with Crippen LogP contribution in [0.2, 0.25) is 0 Å². The third kappa shape index (κ3) is 6.01. The van der Waals surface area contributed by atoms with E-state index in [2.05, 4.69) is 11.0 Å². The third-order valence-electron chi connectivity index (χ3n) is 5.28. The number of rotatable bonds is 8. The fourth-order valence-corrected chi connectivity index (χ4v) is 3.70. The quantitative estimate of drug-likeness (QED) is 0.157. The zero-order valence-corrected chi connectivity index (χ0v) is 17.6. The van der Waals surface area contributed by atoms with Crippen LogP contribution in [0.1, 0.15) is 37.3 Å². The predicted octanol–water partition coefficient (Wildman–Crippen LogP) is 4.34. The van der Waals surface area contributed by atoms with Crippen molar-refractivity contribution in [1.82, 2.24) is 0 Å². The number of carbonyl (C=O) groups is 2. The molecule has 1 saturated heterocycles. The minimum Gasteiger partial charge on any atom is -0.462 e. The van der Waals surface area contributed by atoms with Crippen LogP contribution in [-0.4, -0.2) is 36.4 Å². The number of para-hydroxylation sites is 1. The van der Waals surface area contributed by atoms with Gasteiger partial charge in [-0.25, -0.2) is 4.79 Å². The standard InChI is InChI=1S/C24H26N2O5/c1-18(27)22(17-19-8-7-10-21(16-19)26(29)30)24(28)31-15-12-20-9-3-4-11-23(20)25-13-5-2-6-14-25/h3-4,7-11,16-17H,2,5-6,12-15H2,1H3/b22-17+. The highest BCUT2D eigenvalue weighted by Gasteiger charge is 2.18. The lowest BCUT2D eigenvalue weighted by atomic mass is 10.1. The number of nitrogens with zero attached hydrogens (tertiary/aromatic N) is 2. The first-order chi connectivity index (χ1) is 15.0. The average Bonchev–Trinajstić information content (AvgIpc) is 2.78. The van der Waals surface area contributed by atoms with Gasteiger partial charge in [-0.15, -0.1) is 0 Å². The van der Waals surface area contributed by atoms with Crippen molar-refractivity contribution in [2.24, 2.45) is 0 Å². The summed E-state index contributed by atoms with van der Waals surface area (Å²) < 4.78 is 5.38. The zero-order chi connectivity index (χ0) is 22.2. The van der Waals surface area contributed by atoms with Gasteiger partial charge < -0.3 is 9.64 Å². The van der Waals surface area contributed by atoms with E-state index in [-0.39, 0.29) is 17.9 Å². The van der Waals surface area contributed by atoms with Crippen LogP contribution < -0.4 is 4.90 Å². The van der Waals surface area contributed by atoms with Crippen molar-refractivity contribution >= 4 is 29.2 Å². The molecular formula is C24H26N2O5. The van der Waals surface area contributed by atoms with Crippen molar-refractivity contribution < 1.29 is 19.2 Å². The number of nitro benzene ring substituents is 1. The van der Waals surface area contributed by atoms with Crippen LogP contribution in [0.25, 0.3) is 6.08 Å². The van der Waals surface area contributed by atoms with Gasteiger partial charge in [-0.1, -0.05) is 30.3 Å². The molecule has 7 nitrogen and oxygen atoms in total. The van der Waals surface area contributed by atoms with E-state index in [1.807, 2.05) is 18.2 Å². The number of esters is 1. The Kier molecular flexibility index (Phi) is 7.54. The zero-order valence-electron chi connectivity index (χ0n) is 17.6. The monoisotopic (exact) mass is 422 g/mol. The molecule has 1 aliphatic heterocycles. The first kappa shape index (κ1) is 22.2. The van der Waals surface area contributed by atoms with E-state index in [9.17, 15) is 19.7 Å². The van der Waals surface area contributed by atoms with Crippen molar-refractivity contribution in [2.75, 3.05) is 24.6 Å². The Bertz CT molecular complexity index is 993. The fraction of sp³-hybridized carbons (Fsp3) is 0.333. The summed E-state index contributed by atoms with van der Waals surface area (Å²) in [6.07, 6.45) is 5.47. The molecule has 1 heterocycles. The second-order valence-corrected chi connectivity index (χ2v) is 7.53. The number of non-ortho nitro benzene ring substituents is 1. The average molecular weight is 422 g/mol. The number of Topliss-reactive ketones (excluding diaryl/α,β-unsaturated/α-hetero) is 1. The molecule has 31 heavy (non-hydrogen) atoms. The summed E-state index contributed by atoms with van der Waals surface area (Å²) in [7, 11) is 0. The molecule has 2 aromatic rings. The number of ether oxygens (including phenoxy) is 1. The van der Waals surface area contributed by atoms with Crippen LogP contribution in [0, 0.1) is 10.1 Å². The van der Waals surface area contributed by atoms with Crippen LogP contribution in [0.3, 0.4) is 0 Å². The summed E-state index contributed by atoms with van der Waals surface area (Å²) in [6.45, 7) is 3.47. The van der Waals surface area contributed by atoms with Gasteiger partial charge in [-0.2, -0.15) is 0 Å². The second-order valence-electron chi connectivity index (χ2n) is 7.53. The van der Waals surface area contributed by atoms with Crippen molar-refractivity contribution in [2.45, 2.75) is 32.6 Å². The van der Waals surface area contributed by atoms with Crippen molar-refractivity contribution in [3.05, 3.63) is 75.3 Å². The van der Waals surface area contributed by atoms with Crippen molar-refractivity contribution in [1.29, 1.82) is 0 Å². The first-order valence-corrected chi connectivity index (χ1v) is 10.4. The van der Waals surface area contributed by atoms with E-state index in [4.69, 9.17) is 4.74 Å². The Morgan fingerprint density at radius 3 is 2.55 bits per heavy atom. The molecule has 3 rings (SSSR count). The molecule has 0 bridgehead atoms. The minimum atomic E-state index is -0.727. The van der Waals surface area contributed by atoms with E-state index >= 15 is 0 Å². The van der Waals surface area contributed by atoms with Gasteiger partial charge in [0, 0.05) is 37.3 Å². The van der Waals surface area contributed by atoms with E-state index in [1.54, 1.807) is 6.07 Å². The predicted molar refractivity (Wildman–Crippen MR) is 119 cm³/mol. The molecule has 162 valence electrons. The molecule has 0 radical (unpaired) electrons. The topological polar surface area (TPSA) is 89.8 Å². The molecule has 0 atom stereocenters. The Hall–Kier alpha value is -3.48. The van der Waals surface area contributed by atoms with E-state index < -0.39 is 16.7 Å². The molecule has 0 saturated carbocycles. The Labute approximate surface area is 181 Å². The fourth-order valence-electron chi connectivity index (χ4n) is 3.70. The highest BCUT2D eigenvalue weighted by Crippen LogP contribution is 2.24. The molecule has 0 aliphatic carbocycles. The summed E-state index contributed by atoms with van der Waals surface area (Å²) in [5.74, 6) is -1.18. The minimum absolute atomic E-state index is 0.112. The number of ketones is 1. The van der Waals surface area contributed by atoms with Crippen molar-refractivity contribution in [3.8, 4) is 0 Å². The van der Waals surface area contributed by atoms with Gasteiger partial charge in [0.05, 0.1) is 11.5 Å². The van der Waals surface area contributed by atoms with Crippen LogP contribution in [0.5, 0.6) is 0 Å². The molecular weight excluding hydrogens is 396 g/mol. The number of nitro groups is 1. The number of benzene rings is 2. The van der Waals surface area contributed by atoms with Crippen LogP contribution in [0.4, 0.5) is 11.4 Å². The lowest BCUT2D eigenvalue weighted by molar-refractivity contribution is -0.384.